The highest BCUT2D eigenvalue weighted by Crippen LogP contribution is 2.39. The number of nitrogens with zero attached hydrogens (tertiary/aromatic N) is 2. The number of hydrogen-bond donors (Lipinski definition) is 1. The van der Waals surface area contributed by atoms with Crippen molar-refractivity contribution >= 4 is 16.8 Å². The Labute approximate surface area is 130 Å². The van der Waals surface area contributed by atoms with E-state index in [2.05, 4.69) is 21.8 Å². The van der Waals surface area contributed by atoms with E-state index in [-0.39, 0.29) is 5.78 Å². The Morgan fingerprint density at radius 2 is 2.05 bits per heavy atom. The first-order valence-corrected chi connectivity index (χ1v) is 8.44. The number of H-pyrrole nitrogens is 1. The molecule has 4 rings (SSSR count). The predicted molar refractivity (Wildman–Crippen MR) is 87.2 cm³/mol. The fourth-order valence-electron chi connectivity index (χ4n) is 3.27. The summed E-state index contributed by atoms with van der Waals surface area (Å²) in [5, 5.41) is 0. The lowest BCUT2D eigenvalue weighted by Crippen LogP contribution is -2.36. The highest BCUT2D eigenvalue weighted by atomic mass is 16.1. The summed E-state index contributed by atoms with van der Waals surface area (Å²) in [7, 11) is 0. The third kappa shape index (κ3) is 2.80. The van der Waals surface area contributed by atoms with Crippen LogP contribution in [0, 0.1) is 5.92 Å². The molecule has 0 amide bonds. The highest BCUT2D eigenvalue weighted by molar-refractivity contribution is 6.00. The summed E-state index contributed by atoms with van der Waals surface area (Å²) < 4.78 is 0. The fraction of sp³-hybridized carbons (Fsp3) is 0.556. The maximum absolute atomic E-state index is 12.5. The topological polar surface area (TPSA) is 49.0 Å². The number of fused-ring (bicyclic) bond motifs is 1. The van der Waals surface area contributed by atoms with Crippen molar-refractivity contribution in [1.82, 2.24) is 14.9 Å². The van der Waals surface area contributed by atoms with Gasteiger partial charge in [0.05, 0.1) is 17.6 Å². The minimum absolute atomic E-state index is 0.221. The van der Waals surface area contributed by atoms with Gasteiger partial charge >= 0.3 is 0 Å². The summed E-state index contributed by atoms with van der Waals surface area (Å²) in [5.74, 6) is 2.72. The number of carbonyl (C=O) groups is 1. The minimum Gasteiger partial charge on any atom is -0.342 e. The number of nitrogens with one attached hydrogen (secondary N) is 1. The van der Waals surface area contributed by atoms with Crippen molar-refractivity contribution in [3.05, 3.63) is 29.6 Å². The van der Waals surface area contributed by atoms with Crippen LogP contribution >= 0.6 is 0 Å². The number of imidazole rings is 1. The third-order valence-electron chi connectivity index (χ3n) is 5.03. The van der Waals surface area contributed by atoms with Crippen molar-refractivity contribution < 1.29 is 4.79 Å². The van der Waals surface area contributed by atoms with Crippen LogP contribution in [0.4, 0.5) is 0 Å². The van der Waals surface area contributed by atoms with E-state index in [0.717, 1.165) is 41.4 Å². The molecule has 4 nitrogen and oxygen atoms in total. The van der Waals surface area contributed by atoms with E-state index < -0.39 is 0 Å². The van der Waals surface area contributed by atoms with Gasteiger partial charge in [0.25, 0.3) is 0 Å². The van der Waals surface area contributed by atoms with Crippen molar-refractivity contribution in [3.8, 4) is 0 Å². The van der Waals surface area contributed by atoms with Gasteiger partial charge in [-0.3, -0.25) is 9.69 Å². The van der Waals surface area contributed by atoms with Gasteiger partial charge in [-0.2, -0.15) is 0 Å². The molecule has 0 unspecified atom stereocenters. The SMILES string of the molecule is CC1CCN(CC(=O)c2ccc3nc(C4CC4)[nH]c3c2)CC1. The monoisotopic (exact) mass is 297 g/mol. The van der Waals surface area contributed by atoms with Crippen LogP contribution < -0.4 is 0 Å². The molecule has 1 N–H and O–H groups in total. The lowest BCUT2D eigenvalue weighted by molar-refractivity contribution is 0.0900. The highest BCUT2D eigenvalue weighted by Gasteiger charge is 2.27. The summed E-state index contributed by atoms with van der Waals surface area (Å²) >= 11 is 0. The first-order valence-electron chi connectivity index (χ1n) is 8.44. The largest absolute Gasteiger partial charge is 0.342 e. The minimum atomic E-state index is 0.221. The number of piperidine rings is 1. The van der Waals surface area contributed by atoms with Gasteiger partial charge in [0.2, 0.25) is 0 Å². The van der Waals surface area contributed by atoms with Crippen LogP contribution in [0.2, 0.25) is 0 Å². The van der Waals surface area contributed by atoms with Gasteiger partial charge in [0, 0.05) is 11.5 Å². The summed E-state index contributed by atoms with van der Waals surface area (Å²) in [4.78, 5) is 22.8. The van der Waals surface area contributed by atoms with Crippen LogP contribution in [0.15, 0.2) is 18.2 Å². The number of Topliss-reactive ketones (excluding diaryl/α,β-unsaturated/α-hetero) is 1. The fourth-order valence-corrected chi connectivity index (χ4v) is 3.27. The van der Waals surface area contributed by atoms with Gasteiger partial charge in [-0.15, -0.1) is 0 Å². The molecule has 2 aromatic rings. The predicted octanol–water partition coefficient (Wildman–Crippen LogP) is 3.35. The van der Waals surface area contributed by atoms with Crippen LogP contribution in [0.5, 0.6) is 0 Å². The number of carbonyl (C=O) groups excluding carboxylic acids is 1. The molecule has 1 saturated carbocycles. The summed E-state index contributed by atoms with van der Waals surface area (Å²) in [6.07, 6.45) is 4.88. The number of benzene rings is 1. The zero-order valence-corrected chi connectivity index (χ0v) is 13.1. The molecule has 2 aliphatic rings. The van der Waals surface area contributed by atoms with Crippen molar-refractivity contribution in [3.63, 3.8) is 0 Å². The summed E-state index contributed by atoms with van der Waals surface area (Å²) in [6, 6.07) is 5.88. The number of aromatic amines is 1. The van der Waals surface area contributed by atoms with E-state index >= 15 is 0 Å². The first-order chi connectivity index (χ1) is 10.7. The number of aromatic nitrogens is 2. The maximum Gasteiger partial charge on any atom is 0.176 e. The van der Waals surface area contributed by atoms with Gasteiger partial charge < -0.3 is 4.98 Å². The summed E-state index contributed by atoms with van der Waals surface area (Å²) in [5.41, 5.74) is 2.78. The Morgan fingerprint density at radius 3 is 2.77 bits per heavy atom. The number of rotatable bonds is 4. The van der Waals surface area contributed by atoms with Gasteiger partial charge in [0.1, 0.15) is 5.82 Å². The van der Waals surface area contributed by atoms with E-state index in [1.165, 1.54) is 25.7 Å². The molecule has 1 saturated heterocycles. The molecule has 0 radical (unpaired) electrons. The molecule has 116 valence electrons. The van der Waals surface area contributed by atoms with Crippen molar-refractivity contribution in [2.45, 2.75) is 38.5 Å². The number of likely N-dealkylation sites (tertiary alicyclic amines) is 1. The molecule has 0 atom stereocenters. The van der Waals surface area contributed by atoms with Crippen LogP contribution in [0.3, 0.4) is 0 Å². The molecule has 0 bridgehead atoms. The molecule has 1 aromatic carbocycles. The van der Waals surface area contributed by atoms with E-state index in [9.17, 15) is 4.79 Å². The van der Waals surface area contributed by atoms with Gasteiger partial charge in [-0.25, -0.2) is 4.98 Å². The van der Waals surface area contributed by atoms with Crippen LogP contribution in [-0.4, -0.2) is 40.3 Å². The molecule has 4 heteroatoms. The maximum atomic E-state index is 12.5. The average molecular weight is 297 g/mol. The third-order valence-corrected chi connectivity index (χ3v) is 5.03. The molecule has 1 aliphatic carbocycles. The lowest BCUT2D eigenvalue weighted by atomic mass is 9.98. The van der Waals surface area contributed by atoms with E-state index in [0.29, 0.717) is 12.5 Å². The van der Waals surface area contributed by atoms with Crippen molar-refractivity contribution in [2.75, 3.05) is 19.6 Å². The molecule has 2 heterocycles. The smallest absolute Gasteiger partial charge is 0.176 e. The number of hydrogen-bond acceptors (Lipinski definition) is 3. The molecular formula is C18H23N3O. The first kappa shape index (κ1) is 13.9. The molecular weight excluding hydrogens is 274 g/mol. The Hall–Kier alpha value is -1.68. The van der Waals surface area contributed by atoms with Crippen LogP contribution in [-0.2, 0) is 0 Å². The Bertz CT molecular complexity index is 693. The standard InChI is InChI=1S/C18H23N3O/c1-12-6-8-21(9-7-12)11-17(22)14-4-5-15-16(10-14)20-18(19-15)13-2-3-13/h4-5,10,12-13H,2-3,6-9,11H2,1H3,(H,19,20). The van der Waals surface area contributed by atoms with Gasteiger partial charge in [-0.1, -0.05) is 6.92 Å². The van der Waals surface area contributed by atoms with Crippen molar-refractivity contribution in [2.24, 2.45) is 5.92 Å². The zero-order valence-electron chi connectivity index (χ0n) is 13.1. The second-order valence-corrected chi connectivity index (χ2v) is 7.01. The Kier molecular flexibility index (Phi) is 3.49. The van der Waals surface area contributed by atoms with Gasteiger partial charge in [0.15, 0.2) is 5.78 Å². The quantitative estimate of drug-likeness (QED) is 0.880. The molecule has 22 heavy (non-hydrogen) atoms. The second kappa shape index (κ2) is 5.51. The van der Waals surface area contributed by atoms with Gasteiger partial charge in [-0.05, 0) is 62.9 Å². The van der Waals surface area contributed by atoms with E-state index in [1.807, 2.05) is 18.2 Å². The summed E-state index contributed by atoms with van der Waals surface area (Å²) in [6.45, 7) is 4.93. The Balaban J connectivity index is 1.49. The van der Waals surface area contributed by atoms with E-state index in [1.54, 1.807) is 0 Å². The lowest BCUT2D eigenvalue weighted by Gasteiger charge is -2.29. The molecule has 1 aromatic heterocycles. The average Bonchev–Trinajstić information content (AvgIpc) is 3.28. The molecule has 1 aliphatic heterocycles. The number of ketones is 1. The second-order valence-electron chi connectivity index (χ2n) is 7.01. The molecule has 2 fully saturated rings. The van der Waals surface area contributed by atoms with Crippen LogP contribution in [0.1, 0.15) is 54.7 Å². The normalized spacial score (nSPS) is 20.6. The molecule has 0 spiro atoms. The Morgan fingerprint density at radius 1 is 1.27 bits per heavy atom. The van der Waals surface area contributed by atoms with E-state index in [4.69, 9.17) is 0 Å². The van der Waals surface area contributed by atoms with Crippen molar-refractivity contribution in [1.29, 1.82) is 0 Å². The zero-order chi connectivity index (χ0) is 15.1. The van der Waals surface area contributed by atoms with Crippen LogP contribution in [0.25, 0.3) is 11.0 Å².